The van der Waals surface area contributed by atoms with Gasteiger partial charge in [-0.05, 0) is 36.2 Å². The first-order valence-corrected chi connectivity index (χ1v) is 7.17. The average Bonchev–Trinajstić information content (AvgIpc) is 2.70. The molecule has 0 amide bonds. The average molecular weight is 284 g/mol. The lowest BCUT2D eigenvalue weighted by Crippen LogP contribution is -2.23. The number of nitrogens with zero attached hydrogens (tertiary/aromatic N) is 1. The van der Waals surface area contributed by atoms with E-state index in [0.29, 0.717) is 5.69 Å². The van der Waals surface area contributed by atoms with Crippen molar-refractivity contribution in [3.05, 3.63) is 48.0 Å². The lowest BCUT2D eigenvalue weighted by atomic mass is 10.1. The smallest absolute Gasteiger partial charge is 0.142 e. The van der Waals surface area contributed by atoms with E-state index in [4.69, 9.17) is 15.2 Å². The SMILES string of the molecule is COc1ccc(CN2CCCOc3ccccc32)cc1N. The summed E-state index contributed by atoms with van der Waals surface area (Å²) in [6.07, 6.45) is 1.01. The second kappa shape index (κ2) is 5.95. The maximum absolute atomic E-state index is 5.99. The maximum Gasteiger partial charge on any atom is 0.142 e. The number of ether oxygens (including phenoxy) is 2. The van der Waals surface area contributed by atoms with Gasteiger partial charge >= 0.3 is 0 Å². The van der Waals surface area contributed by atoms with Gasteiger partial charge in [0, 0.05) is 13.1 Å². The van der Waals surface area contributed by atoms with Crippen LogP contribution in [0.1, 0.15) is 12.0 Å². The predicted octanol–water partition coefficient (Wildman–Crippen LogP) is 3.07. The summed E-state index contributed by atoms with van der Waals surface area (Å²) in [5.74, 6) is 1.68. The second-order valence-corrected chi connectivity index (χ2v) is 5.17. The van der Waals surface area contributed by atoms with Crippen LogP contribution in [0.3, 0.4) is 0 Å². The summed E-state index contributed by atoms with van der Waals surface area (Å²) in [7, 11) is 1.63. The fraction of sp³-hybridized carbons (Fsp3) is 0.294. The standard InChI is InChI=1S/C17H20N2O2/c1-20-16-8-7-13(11-14(16)18)12-19-9-4-10-21-17-6-3-2-5-15(17)19/h2-3,5-8,11H,4,9-10,12,18H2,1H3. The van der Waals surface area contributed by atoms with Crippen LogP contribution >= 0.6 is 0 Å². The summed E-state index contributed by atoms with van der Waals surface area (Å²) in [4.78, 5) is 2.34. The molecule has 1 heterocycles. The molecule has 0 fully saturated rings. The number of nitrogens with two attached hydrogens (primary N) is 1. The van der Waals surface area contributed by atoms with E-state index < -0.39 is 0 Å². The first-order valence-electron chi connectivity index (χ1n) is 7.17. The molecule has 0 unspecified atom stereocenters. The Balaban J connectivity index is 1.86. The van der Waals surface area contributed by atoms with E-state index in [2.05, 4.69) is 17.0 Å². The van der Waals surface area contributed by atoms with Gasteiger partial charge in [-0.15, -0.1) is 0 Å². The van der Waals surface area contributed by atoms with Gasteiger partial charge in [-0.25, -0.2) is 0 Å². The van der Waals surface area contributed by atoms with Crippen molar-refractivity contribution in [2.45, 2.75) is 13.0 Å². The monoisotopic (exact) mass is 284 g/mol. The third-order valence-corrected chi connectivity index (χ3v) is 3.70. The minimum absolute atomic E-state index is 0.675. The van der Waals surface area contributed by atoms with Crippen LogP contribution in [-0.2, 0) is 6.54 Å². The van der Waals surface area contributed by atoms with Crippen molar-refractivity contribution in [2.24, 2.45) is 0 Å². The number of anilines is 2. The molecule has 0 saturated carbocycles. The van der Waals surface area contributed by atoms with Gasteiger partial charge in [-0.2, -0.15) is 0 Å². The lowest BCUT2D eigenvalue weighted by molar-refractivity contribution is 0.322. The van der Waals surface area contributed by atoms with Gasteiger partial charge in [0.1, 0.15) is 11.5 Å². The molecule has 1 aliphatic heterocycles. The van der Waals surface area contributed by atoms with Gasteiger partial charge in [0.15, 0.2) is 0 Å². The molecule has 0 aliphatic carbocycles. The number of para-hydroxylation sites is 2. The number of methoxy groups -OCH3 is 1. The Morgan fingerprint density at radius 2 is 2.10 bits per heavy atom. The number of nitrogen functional groups attached to an aromatic ring is 1. The highest BCUT2D eigenvalue weighted by molar-refractivity contribution is 5.60. The van der Waals surface area contributed by atoms with Gasteiger partial charge in [0.2, 0.25) is 0 Å². The Bertz CT molecular complexity index is 628. The topological polar surface area (TPSA) is 47.7 Å². The van der Waals surface area contributed by atoms with Crippen molar-refractivity contribution in [3.8, 4) is 11.5 Å². The highest BCUT2D eigenvalue weighted by atomic mass is 16.5. The molecule has 2 N–H and O–H groups in total. The number of hydrogen-bond acceptors (Lipinski definition) is 4. The van der Waals surface area contributed by atoms with E-state index in [1.165, 1.54) is 5.56 Å². The van der Waals surface area contributed by atoms with Crippen molar-refractivity contribution in [1.29, 1.82) is 0 Å². The minimum Gasteiger partial charge on any atom is -0.495 e. The molecule has 3 rings (SSSR count). The van der Waals surface area contributed by atoms with Crippen LogP contribution in [0.2, 0.25) is 0 Å². The maximum atomic E-state index is 5.99. The van der Waals surface area contributed by atoms with Gasteiger partial charge in [-0.1, -0.05) is 18.2 Å². The zero-order chi connectivity index (χ0) is 14.7. The van der Waals surface area contributed by atoms with Crippen molar-refractivity contribution < 1.29 is 9.47 Å². The molecule has 4 heteroatoms. The fourth-order valence-electron chi connectivity index (χ4n) is 2.67. The molecular formula is C17H20N2O2. The number of hydrogen-bond donors (Lipinski definition) is 1. The molecule has 0 atom stereocenters. The molecule has 4 nitrogen and oxygen atoms in total. The van der Waals surface area contributed by atoms with E-state index in [9.17, 15) is 0 Å². The third kappa shape index (κ3) is 2.89. The molecule has 0 saturated heterocycles. The molecule has 2 aromatic rings. The summed E-state index contributed by atoms with van der Waals surface area (Å²) >= 11 is 0. The zero-order valence-corrected chi connectivity index (χ0v) is 12.2. The number of rotatable bonds is 3. The Labute approximate surface area is 125 Å². The van der Waals surface area contributed by atoms with Crippen LogP contribution in [-0.4, -0.2) is 20.3 Å². The van der Waals surface area contributed by atoms with Crippen LogP contribution in [0.4, 0.5) is 11.4 Å². The van der Waals surface area contributed by atoms with Gasteiger partial charge in [0.05, 0.1) is 25.1 Å². The first-order chi connectivity index (χ1) is 10.3. The van der Waals surface area contributed by atoms with Gasteiger partial charge in [0.25, 0.3) is 0 Å². The van der Waals surface area contributed by atoms with Gasteiger partial charge < -0.3 is 20.1 Å². The summed E-state index contributed by atoms with van der Waals surface area (Å²) in [6, 6.07) is 14.1. The Kier molecular flexibility index (Phi) is 3.86. The van der Waals surface area contributed by atoms with Crippen molar-refractivity contribution in [3.63, 3.8) is 0 Å². The Morgan fingerprint density at radius 3 is 2.90 bits per heavy atom. The van der Waals surface area contributed by atoms with E-state index >= 15 is 0 Å². The van der Waals surface area contributed by atoms with E-state index in [1.54, 1.807) is 7.11 Å². The highest BCUT2D eigenvalue weighted by Gasteiger charge is 2.16. The first kappa shape index (κ1) is 13.6. The lowest BCUT2D eigenvalue weighted by Gasteiger charge is -2.24. The molecular weight excluding hydrogens is 264 g/mol. The zero-order valence-electron chi connectivity index (χ0n) is 12.2. The van der Waals surface area contributed by atoms with Crippen LogP contribution in [0.15, 0.2) is 42.5 Å². The minimum atomic E-state index is 0.675. The predicted molar refractivity (Wildman–Crippen MR) is 85.0 cm³/mol. The largest absolute Gasteiger partial charge is 0.495 e. The summed E-state index contributed by atoms with van der Waals surface area (Å²) in [5.41, 5.74) is 8.98. The highest BCUT2D eigenvalue weighted by Crippen LogP contribution is 2.32. The van der Waals surface area contributed by atoms with Crippen molar-refractivity contribution in [2.75, 3.05) is 30.9 Å². The van der Waals surface area contributed by atoms with Crippen LogP contribution in [0, 0.1) is 0 Å². The van der Waals surface area contributed by atoms with Crippen molar-refractivity contribution >= 4 is 11.4 Å². The normalized spacial score (nSPS) is 14.0. The van der Waals surface area contributed by atoms with Crippen LogP contribution in [0.25, 0.3) is 0 Å². The van der Waals surface area contributed by atoms with E-state index in [1.807, 2.05) is 30.3 Å². The third-order valence-electron chi connectivity index (χ3n) is 3.70. The Morgan fingerprint density at radius 1 is 1.24 bits per heavy atom. The molecule has 0 aromatic heterocycles. The number of fused-ring (bicyclic) bond motifs is 1. The van der Waals surface area contributed by atoms with Crippen LogP contribution in [0.5, 0.6) is 11.5 Å². The quantitative estimate of drug-likeness (QED) is 0.880. The summed E-state index contributed by atoms with van der Waals surface area (Å²) in [6.45, 7) is 2.55. The second-order valence-electron chi connectivity index (χ2n) is 5.17. The molecule has 110 valence electrons. The van der Waals surface area contributed by atoms with Crippen molar-refractivity contribution in [1.82, 2.24) is 0 Å². The Hall–Kier alpha value is -2.36. The molecule has 2 aromatic carbocycles. The summed E-state index contributed by atoms with van der Waals surface area (Å²) < 4.78 is 11.0. The van der Waals surface area contributed by atoms with E-state index in [0.717, 1.165) is 43.3 Å². The molecule has 21 heavy (non-hydrogen) atoms. The number of benzene rings is 2. The fourth-order valence-corrected chi connectivity index (χ4v) is 2.67. The molecule has 1 aliphatic rings. The van der Waals surface area contributed by atoms with E-state index in [-0.39, 0.29) is 0 Å². The van der Waals surface area contributed by atoms with Crippen LogP contribution < -0.4 is 20.1 Å². The van der Waals surface area contributed by atoms with Gasteiger partial charge in [-0.3, -0.25) is 0 Å². The molecule has 0 radical (unpaired) electrons. The summed E-state index contributed by atoms with van der Waals surface area (Å²) in [5, 5.41) is 0. The molecule has 0 spiro atoms. The molecule has 0 bridgehead atoms.